The van der Waals surface area contributed by atoms with Gasteiger partial charge in [0.1, 0.15) is 22.8 Å². The number of carbonyl (C=O) groups excluding carboxylic acids is 3. The van der Waals surface area contributed by atoms with Crippen molar-refractivity contribution in [2.24, 2.45) is 5.16 Å². The van der Waals surface area contributed by atoms with Crippen LogP contribution in [0.15, 0.2) is 33.5 Å². The number of thiazole rings is 1. The second-order valence-corrected chi connectivity index (χ2v) is 9.40. The van der Waals surface area contributed by atoms with Crippen molar-refractivity contribution in [3.63, 3.8) is 0 Å². The van der Waals surface area contributed by atoms with Crippen molar-refractivity contribution >= 4 is 57.6 Å². The second-order valence-electron chi connectivity index (χ2n) is 7.41. The van der Waals surface area contributed by atoms with Gasteiger partial charge in [0.15, 0.2) is 10.8 Å². The van der Waals surface area contributed by atoms with E-state index >= 15 is 0 Å². The number of allylic oxidation sites excluding steroid dienone is 1. The molecule has 0 aliphatic carbocycles. The Morgan fingerprint density at radius 2 is 2.21 bits per heavy atom. The number of fused-ring (bicyclic) bond motifs is 1. The standard InChI is InChI=1S/C20H18N6O6S2/c1-2-4-25-5-3-9(16(25)28)6-10-7-33-18-13(17(29)26(18)14(10)19(30)31)23-15(27)12(24-32)11-8-34-20(21)22-11/h1,6,8,13,18,32H,3-5,7H2,(H2,21,22)(H,23,27)(H,30,31). The Kier molecular flexibility index (Phi) is 6.31. The number of aliphatic carboxylic acids is 1. The first-order chi connectivity index (χ1) is 16.3. The number of amides is 3. The number of hydrogen-bond acceptors (Lipinski definition) is 10. The Bertz CT molecular complexity index is 1230. The maximum atomic E-state index is 12.8. The zero-order valence-electron chi connectivity index (χ0n) is 17.4. The molecule has 2 atom stereocenters. The third kappa shape index (κ3) is 3.99. The summed E-state index contributed by atoms with van der Waals surface area (Å²) in [5, 5.41) is 25.4. The molecule has 1 aromatic rings. The topological polar surface area (TPSA) is 179 Å². The van der Waals surface area contributed by atoms with Crippen LogP contribution in [-0.2, 0) is 19.2 Å². The summed E-state index contributed by atoms with van der Waals surface area (Å²) in [5.41, 5.74) is 5.68. The lowest BCUT2D eigenvalue weighted by Gasteiger charge is -2.49. The minimum atomic E-state index is -1.32. The van der Waals surface area contributed by atoms with Gasteiger partial charge in [-0.15, -0.1) is 29.5 Å². The molecule has 2 unspecified atom stereocenters. The fraction of sp³-hybridized carbons (Fsp3) is 0.300. The molecule has 0 spiro atoms. The van der Waals surface area contributed by atoms with Gasteiger partial charge in [0.2, 0.25) is 0 Å². The van der Waals surface area contributed by atoms with Crippen molar-refractivity contribution in [3.8, 4) is 12.3 Å². The predicted molar refractivity (Wildman–Crippen MR) is 123 cm³/mol. The number of β-lactam (4-membered cyclic amide) rings is 1. The molecule has 0 saturated carbocycles. The molecule has 4 heterocycles. The van der Waals surface area contributed by atoms with Gasteiger partial charge in [-0.2, -0.15) is 0 Å². The lowest BCUT2D eigenvalue weighted by Crippen LogP contribution is -2.71. The van der Waals surface area contributed by atoms with Gasteiger partial charge in [-0.1, -0.05) is 11.1 Å². The summed E-state index contributed by atoms with van der Waals surface area (Å²) >= 11 is 2.29. The minimum absolute atomic E-state index is 0.0440. The van der Waals surface area contributed by atoms with Crippen LogP contribution >= 0.6 is 23.1 Å². The smallest absolute Gasteiger partial charge is 0.352 e. The summed E-state index contributed by atoms with van der Waals surface area (Å²) in [6.07, 6.45) is 7.20. The number of nitrogens with two attached hydrogens (primary N) is 1. The summed E-state index contributed by atoms with van der Waals surface area (Å²) in [5.74, 6) is -0.464. The number of likely N-dealkylation sites (tertiary alicyclic amines) is 1. The number of thioether (sulfide) groups is 1. The molecule has 3 aliphatic rings. The molecule has 14 heteroatoms. The van der Waals surface area contributed by atoms with Crippen molar-refractivity contribution in [1.82, 2.24) is 20.1 Å². The average molecular weight is 503 g/mol. The number of carboxylic acid groups (broad SMARTS) is 1. The maximum Gasteiger partial charge on any atom is 0.352 e. The highest BCUT2D eigenvalue weighted by atomic mass is 32.2. The minimum Gasteiger partial charge on any atom is -0.477 e. The number of nitrogen functional groups attached to an aromatic ring is 1. The SMILES string of the molecule is C#CCN1CCC(=CC2=C(C(=O)O)N3C(=O)C(NC(=O)C(=NO)c4csc(N)n4)C3SC2)C1=O. The summed E-state index contributed by atoms with van der Waals surface area (Å²) in [6.45, 7) is 0.604. The van der Waals surface area contributed by atoms with Crippen LogP contribution in [0, 0.1) is 12.3 Å². The van der Waals surface area contributed by atoms with Gasteiger partial charge in [-0.25, -0.2) is 9.78 Å². The molecule has 3 aliphatic heterocycles. The summed E-state index contributed by atoms with van der Waals surface area (Å²) < 4.78 is 0. The molecule has 1 aromatic heterocycles. The van der Waals surface area contributed by atoms with E-state index in [0.29, 0.717) is 24.1 Å². The molecule has 5 N–H and O–H groups in total. The van der Waals surface area contributed by atoms with Crippen LogP contribution in [-0.4, -0.2) is 84.8 Å². The number of carbonyl (C=O) groups is 4. The molecule has 0 radical (unpaired) electrons. The number of anilines is 1. The number of terminal acetylenes is 1. The fourth-order valence-corrected chi connectivity index (χ4v) is 5.70. The third-order valence-electron chi connectivity index (χ3n) is 5.41. The van der Waals surface area contributed by atoms with Crippen LogP contribution in [0.3, 0.4) is 0 Å². The highest BCUT2D eigenvalue weighted by molar-refractivity contribution is 8.00. The Morgan fingerprint density at radius 1 is 1.44 bits per heavy atom. The van der Waals surface area contributed by atoms with E-state index in [2.05, 4.69) is 21.4 Å². The van der Waals surface area contributed by atoms with Crippen molar-refractivity contribution < 1.29 is 29.5 Å². The van der Waals surface area contributed by atoms with Gasteiger partial charge in [-0.3, -0.25) is 19.3 Å². The van der Waals surface area contributed by atoms with Crippen molar-refractivity contribution in [2.75, 3.05) is 24.6 Å². The van der Waals surface area contributed by atoms with Crippen LogP contribution in [0.1, 0.15) is 12.1 Å². The van der Waals surface area contributed by atoms with Crippen molar-refractivity contribution in [2.45, 2.75) is 17.8 Å². The molecule has 2 fully saturated rings. The van der Waals surface area contributed by atoms with E-state index in [9.17, 15) is 29.5 Å². The van der Waals surface area contributed by atoms with Gasteiger partial charge >= 0.3 is 5.97 Å². The number of aromatic nitrogens is 1. The summed E-state index contributed by atoms with van der Waals surface area (Å²) in [6, 6.07) is -1.03. The average Bonchev–Trinajstić information content (AvgIpc) is 3.38. The number of nitrogens with one attached hydrogen (secondary N) is 1. The Morgan fingerprint density at radius 3 is 2.82 bits per heavy atom. The molecule has 0 bridgehead atoms. The maximum absolute atomic E-state index is 12.8. The predicted octanol–water partition coefficient (Wildman–Crippen LogP) is -0.566. The first kappa shape index (κ1) is 23.3. The Balaban J connectivity index is 1.54. The highest BCUT2D eigenvalue weighted by Crippen LogP contribution is 2.41. The van der Waals surface area contributed by atoms with Crippen LogP contribution in [0.4, 0.5) is 5.13 Å². The zero-order valence-corrected chi connectivity index (χ0v) is 19.1. The third-order valence-corrected chi connectivity index (χ3v) is 7.39. The van der Waals surface area contributed by atoms with E-state index in [-0.39, 0.29) is 34.7 Å². The van der Waals surface area contributed by atoms with E-state index in [0.717, 1.165) is 16.2 Å². The van der Waals surface area contributed by atoms with Crippen LogP contribution in [0.25, 0.3) is 0 Å². The van der Waals surface area contributed by atoms with Gasteiger partial charge in [0, 0.05) is 23.3 Å². The Labute approximate surface area is 201 Å². The van der Waals surface area contributed by atoms with Crippen LogP contribution in [0.2, 0.25) is 0 Å². The van der Waals surface area contributed by atoms with Crippen LogP contribution < -0.4 is 11.1 Å². The van der Waals surface area contributed by atoms with E-state index in [1.807, 2.05) is 0 Å². The molecule has 0 aromatic carbocycles. The normalized spacial score (nSPS) is 23.6. The van der Waals surface area contributed by atoms with Gasteiger partial charge < -0.3 is 26.3 Å². The molecule has 4 rings (SSSR count). The lowest BCUT2D eigenvalue weighted by molar-refractivity contribution is -0.150. The number of carboxylic acids is 1. The highest BCUT2D eigenvalue weighted by Gasteiger charge is 2.54. The van der Waals surface area contributed by atoms with E-state index in [1.165, 1.54) is 28.1 Å². The van der Waals surface area contributed by atoms with Crippen molar-refractivity contribution in [3.05, 3.63) is 34.0 Å². The molecule has 176 valence electrons. The zero-order chi connectivity index (χ0) is 24.6. The molecular formula is C20H18N6O6S2. The van der Waals surface area contributed by atoms with Gasteiger partial charge in [0.05, 0.1) is 6.54 Å². The van der Waals surface area contributed by atoms with Gasteiger partial charge in [0.25, 0.3) is 17.7 Å². The molecular weight excluding hydrogens is 484 g/mol. The second kappa shape index (κ2) is 9.20. The monoisotopic (exact) mass is 502 g/mol. The molecule has 2 saturated heterocycles. The number of hydrogen-bond donors (Lipinski definition) is 4. The number of rotatable bonds is 6. The quantitative estimate of drug-likeness (QED) is 0.0990. The molecule has 3 amide bonds. The van der Waals surface area contributed by atoms with Crippen LogP contribution in [0.5, 0.6) is 0 Å². The largest absolute Gasteiger partial charge is 0.477 e. The fourth-order valence-electron chi connectivity index (χ4n) is 3.85. The first-order valence-electron chi connectivity index (χ1n) is 9.85. The first-order valence-corrected chi connectivity index (χ1v) is 11.8. The Hall–Kier alpha value is -3.83. The summed E-state index contributed by atoms with van der Waals surface area (Å²) in [4.78, 5) is 56.4. The van der Waals surface area contributed by atoms with Crippen molar-refractivity contribution in [1.29, 1.82) is 0 Å². The summed E-state index contributed by atoms with van der Waals surface area (Å²) in [7, 11) is 0. The van der Waals surface area contributed by atoms with E-state index in [4.69, 9.17) is 12.2 Å². The number of nitrogens with zero attached hydrogens (tertiary/aromatic N) is 4. The lowest BCUT2D eigenvalue weighted by atomic mass is 10.0. The number of oxime groups is 1. The molecule has 12 nitrogen and oxygen atoms in total. The van der Waals surface area contributed by atoms with E-state index < -0.39 is 34.9 Å². The molecule has 34 heavy (non-hydrogen) atoms. The van der Waals surface area contributed by atoms with Gasteiger partial charge in [-0.05, 0) is 18.1 Å². The van der Waals surface area contributed by atoms with E-state index in [1.54, 1.807) is 0 Å².